The van der Waals surface area contributed by atoms with Crippen molar-refractivity contribution < 1.29 is 43.0 Å². The van der Waals surface area contributed by atoms with Gasteiger partial charge in [-0.25, -0.2) is 0 Å². The lowest BCUT2D eigenvalue weighted by Crippen LogP contribution is -2.57. The largest absolute Gasteiger partial charge is 0.483 e. The maximum Gasteiger partial charge on any atom is 0.378 e. The highest BCUT2D eigenvalue weighted by molar-refractivity contribution is 5.68. The van der Waals surface area contributed by atoms with E-state index < -0.39 is 66.0 Å². The van der Waals surface area contributed by atoms with Gasteiger partial charge in [0.15, 0.2) is 23.9 Å². The molecule has 1 fully saturated rings. The van der Waals surface area contributed by atoms with Gasteiger partial charge < -0.3 is 24.1 Å². The summed E-state index contributed by atoms with van der Waals surface area (Å²) in [6.07, 6.45) is -3.65. The van der Waals surface area contributed by atoms with Gasteiger partial charge in [0.05, 0.1) is 6.07 Å². The van der Waals surface area contributed by atoms with Crippen LogP contribution in [0.15, 0.2) is 102 Å². The van der Waals surface area contributed by atoms with Gasteiger partial charge >= 0.3 is 29.4 Å². The third-order valence-electron chi connectivity index (χ3n) is 8.04. The van der Waals surface area contributed by atoms with Crippen LogP contribution in [0, 0.1) is 0 Å². The Morgan fingerprint density at radius 3 is 2.02 bits per heavy atom. The monoisotopic (exact) mass is 626 g/mol. The minimum atomic E-state index is -1.76. The van der Waals surface area contributed by atoms with Crippen molar-refractivity contribution in [2.24, 2.45) is 0 Å². The van der Waals surface area contributed by atoms with E-state index in [2.05, 4.69) is 0 Å². The molecule has 1 saturated heterocycles. The summed E-state index contributed by atoms with van der Waals surface area (Å²) in [6, 6.07) is 26.8. The van der Waals surface area contributed by atoms with E-state index in [1.165, 1.54) is 29.9 Å². The predicted octanol–water partition coefficient (Wildman–Crippen LogP) is 3.20. The molecule has 12 heteroatoms. The summed E-state index contributed by atoms with van der Waals surface area (Å²) in [4.78, 5) is 52.8. The summed E-state index contributed by atoms with van der Waals surface area (Å²) >= 11 is 0. The molecule has 3 heterocycles. The number of carbonyl (C=O) groups excluding carboxylic acids is 3. The van der Waals surface area contributed by atoms with Gasteiger partial charge in [0.25, 0.3) is 5.88 Å². The zero-order valence-electron chi connectivity index (χ0n) is 25.3. The normalized spacial score (nSPS) is 22.0. The van der Waals surface area contributed by atoms with Crippen LogP contribution in [0.3, 0.4) is 0 Å². The highest BCUT2D eigenvalue weighted by atomic mass is 16.6. The number of benzene rings is 3. The second kappa shape index (κ2) is 12.1. The number of esters is 3. The van der Waals surface area contributed by atoms with Crippen LogP contribution in [0.2, 0.25) is 0 Å². The Morgan fingerprint density at radius 2 is 1.46 bits per heavy atom. The molecule has 0 amide bonds. The van der Waals surface area contributed by atoms with Crippen molar-refractivity contribution in [2.75, 3.05) is 11.5 Å². The molecule has 0 spiro atoms. The number of nitrogens with zero attached hydrogens (tertiary/aromatic N) is 3. The van der Waals surface area contributed by atoms with Crippen LogP contribution < -0.4 is 15.0 Å². The maximum absolute atomic E-state index is 13.6. The van der Waals surface area contributed by atoms with E-state index in [1.54, 1.807) is 59.5 Å². The lowest BCUT2D eigenvalue weighted by Gasteiger charge is -2.40. The van der Waals surface area contributed by atoms with Gasteiger partial charge in [0.1, 0.15) is 18.0 Å². The van der Waals surface area contributed by atoms with Gasteiger partial charge in [-0.15, -0.1) is 0 Å². The van der Waals surface area contributed by atoms with E-state index in [-0.39, 0.29) is 5.95 Å². The van der Waals surface area contributed by atoms with Crippen molar-refractivity contribution in [3.05, 3.63) is 113 Å². The van der Waals surface area contributed by atoms with Crippen LogP contribution in [0.25, 0.3) is 5.69 Å². The Kier molecular flexibility index (Phi) is 8.05. The van der Waals surface area contributed by atoms with Crippen molar-refractivity contribution in [1.29, 1.82) is 0 Å². The first kappa shape index (κ1) is 30.5. The number of hydrogen-bond acceptors (Lipinski definition) is 10. The molecule has 0 aliphatic carbocycles. The Bertz CT molecular complexity index is 1830. The molecule has 4 aromatic rings. The highest BCUT2D eigenvalue weighted by Crippen LogP contribution is 2.54. The number of aromatic nitrogens is 2. The standard InChI is InChI=1S/C34H31N3O9/c1-21(38)43-20-27(44-22(2)39)34(24-13-7-4-8-14-24)31(45-23(3)40)30-32(46-34)36(26-17-11-6-12-18-26)33-35(25-15-9-5-10-16-25)28(41)19-29(42)37(30)33/h4-19,27,30-32H,20H2,1-3H3/p+1/t27-,30-,31-,32+,34-/m1/s1. The summed E-state index contributed by atoms with van der Waals surface area (Å²) in [5.74, 6) is -2.17. The summed E-state index contributed by atoms with van der Waals surface area (Å²) < 4.78 is 27.3. The van der Waals surface area contributed by atoms with Gasteiger partial charge in [-0.1, -0.05) is 66.7 Å². The predicted molar refractivity (Wildman–Crippen MR) is 162 cm³/mol. The number of carbonyl (C=O) groups is 3. The number of fused-ring (bicyclic) bond motifs is 3. The summed E-state index contributed by atoms with van der Waals surface area (Å²) in [7, 11) is 0. The number of hydrogen-bond donors (Lipinski definition) is 1. The Labute approximate surface area is 263 Å². The van der Waals surface area contributed by atoms with Crippen LogP contribution in [0.1, 0.15) is 32.4 Å². The van der Waals surface area contributed by atoms with Crippen LogP contribution >= 0.6 is 0 Å². The summed E-state index contributed by atoms with van der Waals surface area (Å²) in [6.45, 7) is 3.23. The fourth-order valence-corrected chi connectivity index (χ4v) is 6.41. The van der Waals surface area contributed by atoms with Crippen LogP contribution in [0.4, 0.5) is 11.6 Å². The molecular weight excluding hydrogens is 594 g/mol. The third kappa shape index (κ3) is 5.16. The van der Waals surface area contributed by atoms with Gasteiger partial charge in [0, 0.05) is 20.8 Å². The molecule has 6 rings (SSSR count). The fraction of sp³-hybridized carbons (Fsp3) is 0.265. The SMILES string of the molecule is CC(=O)OC[C@@H](OC(C)=O)[C@@]1(c2ccccc2)O[C@H]2[C@@H]([C@H]1OC(C)=O)[n+]1c(O)cc(=O)n(-c3ccccc3)c1N2c1ccccc1. The van der Waals surface area contributed by atoms with E-state index >= 15 is 0 Å². The van der Waals surface area contributed by atoms with Crippen LogP contribution in [-0.2, 0) is 38.9 Å². The van der Waals surface area contributed by atoms with E-state index in [0.717, 1.165) is 6.07 Å². The van der Waals surface area contributed by atoms with Crippen molar-refractivity contribution in [3.8, 4) is 11.6 Å². The van der Waals surface area contributed by atoms with Crippen LogP contribution in [0.5, 0.6) is 5.88 Å². The highest BCUT2D eigenvalue weighted by Gasteiger charge is 2.72. The van der Waals surface area contributed by atoms with Gasteiger partial charge in [-0.3, -0.25) is 19.2 Å². The van der Waals surface area contributed by atoms with E-state index in [4.69, 9.17) is 18.9 Å². The Hall–Kier alpha value is -5.49. The molecule has 0 radical (unpaired) electrons. The minimum absolute atomic E-state index is 0.236. The van der Waals surface area contributed by atoms with E-state index in [0.29, 0.717) is 16.9 Å². The van der Waals surface area contributed by atoms with Crippen molar-refractivity contribution >= 4 is 29.5 Å². The molecule has 0 unspecified atom stereocenters. The second-order valence-corrected chi connectivity index (χ2v) is 11.0. The molecule has 2 aliphatic heterocycles. The topological polar surface area (TPSA) is 137 Å². The minimum Gasteiger partial charge on any atom is -0.483 e. The molecule has 46 heavy (non-hydrogen) atoms. The number of rotatable bonds is 8. The first-order valence-corrected chi connectivity index (χ1v) is 14.6. The number of aromatic hydroxyl groups is 1. The average Bonchev–Trinajstić information content (AvgIpc) is 3.52. The van der Waals surface area contributed by atoms with Crippen molar-refractivity contribution in [3.63, 3.8) is 0 Å². The first-order chi connectivity index (χ1) is 22.1. The van der Waals surface area contributed by atoms with Crippen LogP contribution in [-0.4, -0.2) is 52.6 Å². The number of para-hydroxylation sites is 2. The number of anilines is 2. The second-order valence-electron chi connectivity index (χ2n) is 11.0. The Morgan fingerprint density at radius 1 is 0.870 bits per heavy atom. The third-order valence-corrected chi connectivity index (χ3v) is 8.04. The summed E-state index contributed by atoms with van der Waals surface area (Å²) in [5, 5.41) is 11.5. The zero-order chi connectivity index (χ0) is 32.6. The van der Waals surface area contributed by atoms with E-state index in [9.17, 15) is 24.3 Å². The zero-order valence-corrected chi connectivity index (χ0v) is 25.3. The lowest BCUT2D eigenvalue weighted by molar-refractivity contribution is -0.715. The van der Waals surface area contributed by atoms with Crippen molar-refractivity contribution in [1.82, 2.24) is 4.57 Å². The molecule has 236 valence electrons. The van der Waals surface area contributed by atoms with E-state index in [1.807, 2.05) is 36.4 Å². The first-order valence-electron chi connectivity index (χ1n) is 14.6. The molecule has 1 aromatic heterocycles. The molecule has 5 atom stereocenters. The van der Waals surface area contributed by atoms with Gasteiger partial charge in [-0.05, 0) is 29.8 Å². The summed E-state index contributed by atoms with van der Waals surface area (Å²) in [5.41, 5.74) is -0.709. The quantitative estimate of drug-likeness (QED) is 0.176. The smallest absolute Gasteiger partial charge is 0.378 e. The van der Waals surface area contributed by atoms with Gasteiger partial charge in [0.2, 0.25) is 6.23 Å². The van der Waals surface area contributed by atoms with Crippen molar-refractivity contribution in [2.45, 2.75) is 50.8 Å². The number of ether oxygens (including phenoxy) is 4. The van der Waals surface area contributed by atoms with Gasteiger partial charge in [-0.2, -0.15) is 14.0 Å². The molecule has 0 bridgehead atoms. The average molecular weight is 627 g/mol. The molecule has 0 saturated carbocycles. The maximum atomic E-state index is 13.6. The molecular formula is C34H32N3O9+. The molecule has 12 nitrogen and oxygen atoms in total. The fourth-order valence-electron chi connectivity index (χ4n) is 6.41. The Balaban J connectivity index is 1.68. The molecule has 3 aromatic carbocycles. The molecule has 2 aliphatic rings. The lowest BCUT2D eigenvalue weighted by atomic mass is 9.81. The molecule has 1 N–H and O–H groups in total.